The van der Waals surface area contributed by atoms with Gasteiger partial charge >= 0.3 is 0 Å². The predicted molar refractivity (Wildman–Crippen MR) is 69.3 cm³/mol. The Labute approximate surface area is 105 Å². The molecule has 0 bridgehead atoms. The van der Waals surface area contributed by atoms with Gasteiger partial charge in [0.2, 0.25) is 5.91 Å². The number of para-hydroxylation sites is 1. The topological polar surface area (TPSA) is 65.2 Å². The number of aromatic nitrogens is 1. The molecule has 1 aromatic heterocycles. The largest absolute Gasteiger partial charge is 0.358 e. The zero-order valence-electron chi connectivity index (χ0n) is 10.4. The van der Waals surface area contributed by atoms with Crippen LogP contribution in [0.15, 0.2) is 30.3 Å². The summed E-state index contributed by atoms with van der Waals surface area (Å²) in [5.74, 6) is -0.392. The maximum atomic E-state index is 12.1. The second-order valence-electron chi connectivity index (χ2n) is 4.10. The van der Waals surface area contributed by atoms with E-state index in [1.165, 1.54) is 4.90 Å². The lowest BCUT2D eigenvalue weighted by molar-refractivity contribution is -0.121. The SMILES string of the molecule is CNC(=O)CN(C)C(=O)c1cc2ccccc2[nH]1. The highest BCUT2D eigenvalue weighted by Gasteiger charge is 2.16. The number of H-pyrrole nitrogens is 1. The van der Waals surface area contributed by atoms with Crippen molar-refractivity contribution in [3.8, 4) is 0 Å². The van der Waals surface area contributed by atoms with Crippen molar-refractivity contribution in [2.24, 2.45) is 0 Å². The number of carbonyl (C=O) groups is 2. The second-order valence-corrected chi connectivity index (χ2v) is 4.10. The van der Waals surface area contributed by atoms with Crippen molar-refractivity contribution in [2.75, 3.05) is 20.6 Å². The molecule has 18 heavy (non-hydrogen) atoms. The number of rotatable bonds is 3. The molecule has 2 rings (SSSR count). The molecule has 5 heteroatoms. The number of hydrogen-bond donors (Lipinski definition) is 2. The molecule has 1 aromatic carbocycles. The summed E-state index contributed by atoms with van der Waals surface area (Å²) in [5, 5.41) is 3.47. The first-order valence-electron chi connectivity index (χ1n) is 5.65. The third kappa shape index (κ3) is 2.34. The highest BCUT2D eigenvalue weighted by molar-refractivity contribution is 5.99. The van der Waals surface area contributed by atoms with E-state index in [1.807, 2.05) is 24.3 Å². The van der Waals surface area contributed by atoms with Gasteiger partial charge in [-0.25, -0.2) is 0 Å². The summed E-state index contributed by atoms with van der Waals surface area (Å²) in [6.45, 7) is 0.0463. The van der Waals surface area contributed by atoms with Crippen LogP contribution in [0.1, 0.15) is 10.5 Å². The smallest absolute Gasteiger partial charge is 0.270 e. The van der Waals surface area contributed by atoms with Crippen LogP contribution in [0.3, 0.4) is 0 Å². The lowest BCUT2D eigenvalue weighted by Gasteiger charge is -2.14. The van der Waals surface area contributed by atoms with Crippen molar-refractivity contribution in [3.63, 3.8) is 0 Å². The van der Waals surface area contributed by atoms with E-state index in [1.54, 1.807) is 20.2 Å². The van der Waals surface area contributed by atoms with E-state index in [4.69, 9.17) is 0 Å². The summed E-state index contributed by atoms with van der Waals surface area (Å²) < 4.78 is 0. The number of carbonyl (C=O) groups excluding carboxylic acids is 2. The zero-order valence-corrected chi connectivity index (χ0v) is 10.4. The van der Waals surface area contributed by atoms with E-state index in [2.05, 4.69) is 10.3 Å². The molecule has 0 spiro atoms. The Morgan fingerprint density at radius 2 is 2.06 bits per heavy atom. The molecule has 0 aliphatic carbocycles. The van der Waals surface area contributed by atoms with Crippen LogP contribution >= 0.6 is 0 Å². The molecule has 0 aliphatic heterocycles. The lowest BCUT2D eigenvalue weighted by atomic mass is 10.2. The summed E-state index contributed by atoms with van der Waals surface area (Å²) in [6, 6.07) is 9.45. The Balaban J connectivity index is 2.20. The zero-order chi connectivity index (χ0) is 13.1. The molecule has 0 saturated heterocycles. The number of nitrogens with zero attached hydrogens (tertiary/aromatic N) is 1. The fraction of sp³-hybridized carbons (Fsp3) is 0.231. The van der Waals surface area contributed by atoms with Crippen molar-refractivity contribution in [3.05, 3.63) is 36.0 Å². The Hall–Kier alpha value is -2.30. The van der Waals surface area contributed by atoms with Gasteiger partial charge in [-0.3, -0.25) is 9.59 Å². The van der Waals surface area contributed by atoms with Gasteiger partial charge in [0.25, 0.3) is 5.91 Å². The average molecular weight is 245 g/mol. The van der Waals surface area contributed by atoms with Crippen LogP contribution in [0.4, 0.5) is 0 Å². The Morgan fingerprint density at radius 3 is 2.72 bits per heavy atom. The van der Waals surface area contributed by atoms with Crippen LogP contribution in [-0.2, 0) is 4.79 Å². The molecule has 2 aromatic rings. The van der Waals surface area contributed by atoms with Crippen LogP contribution in [0, 0.1) is 0 Å². The molecule has 0 saturated carbocycles. The summed E-state index contributed by atoms with van der Waals surface area (Å²) in [7, 11) is 3.15. The molecule has 2 N–H and O–H groups in total. The molecule has 5 nitrogen and oxygen atoms in total. The van der Waals surface area contributed by atoms with Gasteiger partial charge in [0, 0.05) is 25.0 Å². The van der Waals surface area contributed by atoms with Gasteiger partial charge in [-0.1, -0.05) is 18.2 Å². The van der Waals surface area contributed by atoms with E-state index in [9.17, 15) is 9.59 Å². The van der Waals surface area contributed by atoms with Gasteiger partial charge in [-0.15, -0.1) is 0 Å². The maximum absolute atomic E-state index is 12.1. The normalized spacial score (nSPS) is 10.3. The molecule has 0 fully saturated rings. The van der Waals surface area contributed by atoms with Crippen molar-refractivity contribution < 1.29 is 9.59 Å². The second kappa shape index (κ2) is 4.91. The van der Waals surface area contributed by atoms with Gasteiger partial charge in [0.15, 0.2) is 0 Å². The third-order valence-corrected chi connectivity index (χ3v) is 2.77. The van der Waals surface area contributed by atoms with Crippen molar-refractivity contribution >= 4 is 22.7 Å². The van der Waals surface area contributed by atoms with E-state index in [0.29, 0.717) is 5.69 Å². The maximum Gasteiger partial charge on any atom is 0.270 e. The average Bonchev–Trinajstić information content (AvgIpc) is 2.81. The highest BCUT2D eigenvalue weighted by Crippen LogP contribution is 2.15. The lowest BCUT2D eigenvalue weighted by Crippen LogP contribution is -2.37. The number of amides is 2. The fourth-order valence-corrected chi connectivity index (χ4v) is 1.76. The van der Waals surface area contributed by atoms with Gasteiger partial charge in [0.1, 0.15) is 5.69 Å². The van der Waals surface area contributed by atoms with Crippen LogP contribution in [0.5, 0.6) is 0 Å². The number of benzene rings is 1. The monoisotopic (exact) mass is 245 g/mol. The van der Waals surface area contributed by atoms with Crippen molar-refractivity contribution in [1.82, 2.24) is 15.2 Å². The Kier molecular flexibility index (Phi) is 3.32. The molecular formula is C13H15N3O2. The third-order valence-electron chi connectivity index (χ3n) is 2.77. The summed E-state index contributed by atoms with van der Waals surface area (Å²) in [5.41, 5.74) is 1.40. The van der Waals surface area contributed by atoms with Crippen LogP contribution in [-0.4, -0.2) is 42.3 Å². The van der Waals surface area contributed by atoms with E-state index < -0.39 is 0 Å². The minimum Gasteiger partial charge on any atom is -0.358 e. The quantitative estimate of drug-likeness (QED) is 0.846. The van der Waals surface area contributed by atoms with Gasteiger partial charge in [-0.05, 0) is 12.1 Å². The summed E-state index contributed by atoms with van der Waals surface area (Å²) in [4.78, 5) is 27.7. The number of hydrogen-bond acceptors (Lipinski definition) is 2. The first kappa shape index (κ1) is 12.2. The highest BCUT2D eigenvalue weighted by atomic mass is 16.2. The number of nitrogens with one attached hydrogen (secondary N) is 2. The minimum absolute atomic E-state index is 0.0463. The molecular weight excluding hydrogens is 230 g/mol. The predicted octanol–water partition coefficient (Wildman–Crippen LogP) is 0.986. The van der Waals surface area contributed by atoms with Crippen LogP contribution < -0.4 is 5.32 Å². The standard InChI is InChI=1S/C13H15N3O2/c1-14-12(17)8-16(2)13(18)11-7-9-5-3-4-6-10(9)15-11/h3-7,15H,8H2,1-2H3,(H,14,17). The number of aromatic amines is 1. The molecule has 2 amide bonds. The number of fused-ring (bicyclic) bond motifs is 1. The molecule has 1 heterocycles. The summed E-state index contributed by atoms with van der Waals surface area (Å²) in [6.07, 6.45) is 0. The first-order valence-corrected chi connectivity index (χ1v) is 5.65. The molecule has 0 aliphatic rings. The van der Waals surface area contributed by atoms with Crippen LogP contribution in [0.2, 0.25) is 0 Å². The van der Waals surface area contributed by atoms with Gasteiger partial charge in [0.05, 0.1) is 6.54 Å². The minimum atomic E-state index is -0.199. The fourth-order valence-electron chi connectivity index (χ4n) is 1.76. The first-order chi connectivity index (χ1) is 8.61. The summed E-state index contributed by atoms with van der Waals surface area (Å²) >= 11 is 0. The van der Waals surface area contributed by atoms with E-state index in [-0.39, 0.29) is 18.4 Å². The number of likely N-dealkylation sites (N-methyl/N-ethyl adjacent to an activating group) is 2. The molecule has 0 unspecified atom stereocenters. The Morgan fingerprint density at radius 1 is 1.33 bits per heavy atom. The molecule has 94 valence electrons. The molecule has 0 atom stereocenters. The van der Waals surface area contributed by atoms with Gasteiger partial charge in [-0.2, -0.15) is 0 Å². The van der Waals surface area contributed by atoms with E-state index >= 15 is 0 Å². The molecule has 0 radical (unpaired) electrons. The van der Waals surface area contributed by atoms with E-state index in [0.717, 1.165) is 10.9 Å². The van der Waals surface area contributed by atoms with Gasteiger partial charge < -0.3 is 15.2 Å². The van der Waals surface area contributed by atoms with Crippen molar-refractivity contribution in [2.45, 2.75) is 0 Å². The van der Waals surface area contributed by atoms with Crippen LogP contribution in [0.25, 0.3) is 10.9 Å². The Bertz CT molecular complexity index is 556. The van der Waals surface area contributed by atoms with Crippen molar-refractivity contribution in [1.29, 1.82) is 0 Å².